The van der Waals surface area contributed by atoms with E-state index in [-0.39, 0.29) is 17.9 Å². The molecule has 3 rings (SSSR count). The van der Waals surface area contributed by atoms with Crippen molar-refractivity contribution in [2.24, 2.45) is 0 Å². The van der Waals surface area contributed by atoms with Gasteiger partial charge >= 0.3 is 0 Å². The van der Waals surface area contributed by atoms with E-state index in [1.165, 1.54) is 10.8 Å². The third kappa shape index (κ3) is 3.12. The average Bonchev–Trinajstić information content (AvgIpc) is 3.03. The molecule has 2 N–H and O–H groups in total. The minimum Gasteiger partial charge on any atom is -0.497 e. The van der Waals surface area contributed by atoms with Crippen molar-refractivity contribution in [2.75, 3.05) is 12.4 Å². The number of aryl methyl sites for hydroxylation is 1. The van der Waals surface area contributed by atoms with Crippen LogP contribution in [0.1, 0.15) is 17.7 Å². The van der Waals surface area contributed by atoms with E-state index in [9.17, 15) is 9.59 Å². The van der Waals surface area contributed by atoms with Gasteiger partial charge in [-0.1, -0.05) is 6.07 Å². The van der Waals surface area contributed by atoms with E-state index in [4.69, 9.17) is 4.74 Å². The van der Waals surface area contributed by atoms with Gasteiger partial charge in [-0.25, -0.2) is 9.97 Å². The predicted molar refractivity (Wildman–Crippen MR) is 88.3 cm³/mol. The van der Waals surface area contributed by atoms with E-state index in [1.807, 2.05) is 0 Å². The molecular formula is C16H17N5O3. The SMILES string of the molecule is COc1cccc(NC(=O)CCc2c(C)nc3nc[nH]n3c2=O)c1. The van der Waals surface area contributed by atoms with Gasteiger partial charge in [0.15, 0.2) is 0 Å². The Morgan fingerprint density at radius 1 is 1.42 bits per heavy atom. The van der Waals surface area contributed by atoms with Gasteiger partial charge in [0.25, 0.3) is 11.3 Å². The van der Waals surface area contributed by atoms with Crippen molar-refractivity contribution in [3.05, 3.63) is 52.2 Å². The van der Waals surface area contributed by atoms with E-state index < -0.39 is 0 Å². The molecular weight excluding hydrogens is 310 g/mol. The van der Waals surface area contributed by atoms with Crippen molar-refractivity contribution in [1.82, 2.24) is 19.6 Å². The zero-order valence-electron chi connectivity index (χ0n) is 13.4. The number of H-pyrrole nitrogens is 1. The van der Waals surface area contributed by atoms with Crippen LogP contribution in [-0.4, -0.2) is 32.6 Å². The Hall–Kier alpha value is -3.16. The highest BCUT2D eigenvalue weighted by Crippen LogP contribution is 2.17. The molecule has 0 spiro atoms. The first-order valence-corrected chi connectivity index (χ1v) is 7.44. The monoisotopic (exact) mass is 327 g/mol. The number of amides is 1. The standard InChI is InChI=1S/C16H17N5O3/c1-10-13(15(23)21-16(19-10)17-9-18-21)6-7-14(22)20-11-4-3-5-12(8-11)24-2/h3-5,8-9H,6-7H2,1-2H3,(H,20,22)(H,17,18,19). The zero-order chi connectivity index (χ0) is 17.1. The van der Waals surface area contributed by atoms with Crippen LogP contribution >= 0.6 is 0 Å². The highest BCUT2D eigenvalue weighted by molar-refractivity contribution is 5.91. The van der Waals surface area contributed by atoms with Crippen molar-refractivity contribution in [3.63, 3.8) is 0 Å². The molecule has 3 aromatic rings. The van der Waals surface area contributed by atoms with Crippen LogP contribution in [0.4, 0.5) is 5.69 Å². The van der Waals surface area contributed by atoms with Gasteiger partial charge in [-0.15, -0.1) is 0 Å². The summed E-state index contributed by atoms with van der Waals surface area (Å²) in [5, 5.41) is 5.50. The minimum absolute atomic E-state index is 0.176. The third-order valence-electron chi connectivity index (χ3n) is 3.69. The molecule has 0 unspecified atom stereocenters. The number of nitrogens with one attached hydrogen (secondary N) is 2. The van der Waals surface area contributed by atoms with E-state index in [0.29, 0.717) is 34.9 Å². The number of rotatable bonds is 5. The lowest BCUT2D eigenvalue weighted by atomic mass is 10.1. The molecule has 8 nitrogen and oxygen atoms in total. The van der Waals surface area contributed by atoms with Gasteiger partial charge in [0, 0.05) is 23.7 Å². The number of benzene rings is 1. The molecule has 0 radical (unpaired) electrons. The molecule has 2 heterocycles. The molecule has 0 atom stereocenters. The molecule has 124 valence electrons. The first-order chi connectivity index (χ1) is 11.6. The minimum atomic E-state index is -0.232. The number of fused-ring (bicyclic) bond motifs is 1. The van der Waals surface area contributed by atoms with Gasteiger partial charge in [0.1, 0.15) is 12.1 Å². The molecule has 1 aromatic carbocycles. The molecule has 0 aliphatic heterocycles. The van der Waals surface area contributed by atoms with E-state index in [0.717, 1.165) is 0 Å². The maximum atomic E-state index is 12.4. The molecule has 0 aliphatic rings. The molecule has 0 fully saturated rings. The Morgan fingerprint density at radius 3 is 3.04 bits per heavy atom. The second-order valence-corrected chi connectivity index (χ2v) is 5.28. The van der Waals surface area contributed by atoms with Crippen LogP contribution in [0.15, 0.2) is 35.4 Å². The Kier molecular flexibility index (Phi) is 4.28. The quantitative estimate of drug-likeness (QED) is 0.735. The van der Waals surface area contributed by atoms with Crippen LogP contribution in [-0.2, 0) is 11.2 Å². The number of hydrogen-bond acceptors (Lipinski definition) is 5. The summed E-state index contributed by atoms with van der Waals surface area (Å²) in [6, 6.07) is 7.10. The number of aromatic nitrogens is 4. The van der Waals surface area contributed by atoms with E-state index in [1.54, 1.807) is 38.3 Å². The van der Waals surface area contributed by atoms with Crippen molar-refractivity contribution < 1.29 is 9.53 Å². The Bertz CT molecular complexity index is 944. The van der Waals surface area contributed by atoms with E-state index in [2.05, 4.69) is 20.4 Å². The zero-order valence-corrected chi connectivity index (χ0v) is 13.4. The fourth-order valence-electron chi connectivity index (χ4n) is 2.45. The molecule has 24 heavy (non-hydrogen) atoms. The smallest absolute Gasteiger partial charge is 0.277 e. The topological polar surface area (TPSA) is 101 Å². The van der Waals surface area contributed by atoms with Crippen LogP contribution in [0.3, 0.4) is 0 Å². The predicted octanol–water partition coefficient (Wildman–Crippen LogP) is 1.31. The first kappa shape index (κ1) is 15.7. The van der Waals surface area contributed by atoms with Crippen molar-refractivity contribution in [1.29, 1.82) is 0 Å². The summed E-state index contributed by atoms with van der Waals surface area (Å²) < 4.78 is 6.38. The maximum absolute atomic E-state index is 12.4. The Labute approximate surface area is 137 Å². The van der Waals surface area contributed by atoms with Gasteiger partial charge in [0.05, 0.1) is 12.8 Å². The highest BCUT2D eigenvalue weighted by Gasteiger charge is 2.13. The first-order valence-electron chi connectivity index (χ1n) is 7.44. The lowest BCUT2D eigenvalue weighted by molar-refractivity contribution is -0.116. The summed E-state index contributed by atoms with van der Waals surface area (Å²) in [7, 11) is 1.57. The summed E-state index contributed by atoms with van der Waals surface area (Å²) in [6.45, 7) is 1.74. The van der Waals surface area contributed by atoms with Crippen LogP contribution in [0.25, 0.3) is 5.78 Å². The van der Waals surface area contributed by atoms with Crippen LogP contribution in [0, 0.1) is 6.92 Å². The average molecular weight is 327 g/mol. The Morgan fingerprint density at radius 2 is 2.25 bits per heavy atom. The summed E-state index contributed by atoms with van der Waals surface area (Å²) in [5.41, 5.74) is 1.50. The second-order valence-electron chi connectivity index (χ2n) is 5.28. The molecule has 2 aromatic heterocycles. The van der Waals surface area contributed by atoms with Crippen molar-refractivity contribution in [3.8, 4) is 5.75 Å². The number of ether oxygens (including phenoxy) is 1. The lowest BCUT2D eigenvalue weighted by Crippen LogP contribution is -2.23. The van der Waals surface area contributed by atoms with Crippen molar-refractivity contribution in [2.45, 2.75) is 19.8 Å². The summed E-state index contributed by atoms with van der Waals surface area (Å²) in [4.78, 5) is 32.7. The maximum Gasteiger partial charge on any atom is 0.277 e. The Balaban J connectivity index is 1.71. The summed E-state index contributed by atoms with van der Waals surface area (Å²) in [6.07, 6.45) is 1.88. The van der Waals surface area contributed by atoms with E-state index >= 15 is 0 Å². The summed E-state index contributed by atoms with van der Waals surface area (Å²) in [5.74, 6) is 0.801. The number of carbonyl (C=O) groups is 1. The lowest BCUT2D eigenvalue weighted by Gasteiger charge is -2.08. The number of methoxy groups -OCH3 is 1. The number of aromatic amines is 1. The van der Waals surface area contributed by atoms with Crippen LogP contribution < -0.4 is 15.6 Å². The molecule has 0 bridgehead atoms. The molecule has 0 saturated carbocycles. The largest absolute Gasteiger partial charge is 0.497 e. The van der Waals surface area contributed by atoms with Gasteiger partial charge in [-0.05, 0) is 25.5 Å². The number of hydrogen-bond donors (Lipinski definition) is 2. The molecule has 0 saturated heterocycles. The fraction of sp³-hybridized carbons (Fsp3) is 0.250. The number of anilines is 1. The molecule has 8 heteroatoms. The van der Waals surface area contributed by atoms with Crippen LogP contribution in [0.2, 0.25) is 0 Å². The fourth-order valence-corrected chi connectivity index (χ4v) is 2.45. The highest BCUT2D eigenvalue weighted by atomic mass is 16.5. The normalized spacial score (nSPS) is 10.8. The third-order valence-corrected chi connectivity index (χ3v) is 3.69. The molecule has 1 amide bonds. The van der Waals surface area contributed by atoms with Crippen LogP contribution in [0.5, 0.6) is 5.75 Å². The molecule has 0 aliphatic carbocycles. The van der Waals surface area contributed by atoms with Crippen molar-refractivity contribution >= 4 is 17.4 Å². The summed E-state index contributed by atoms with van der Waals surface area (Å²) >= 11 is 0. The second kappa shape index (κ2) is 6.53. The number of nitrogens with zero attached hydrogens (tertiary/aromatic N) is 3. The van der Waals surface area contributed by atoms with Gasteiger partial charge < -0.3 is 10.1 Å². The van der Waals surface area contributed by atoms with Gasteiger partial charge in [0.2, 0.25) is 5.91 Å². The number of carbonyl (C=O) groups excluding carboxylic acids is 1. The van der Waals surface area contributed by atoms with Gasteiger partial charge in [-0.2, -0.15) is 4.52 Å². The van der Waals surface area contributed by atoms with Gasteiger partial charge in [-0.3, -0.25) is 14.7 Å².